The monoisotopic (exact) mass is 289 g/mol. The minimum Gasteiger partial charge on any atom is -0.494 e. The molecule has 2 heteroatoms. The highest BCUT2D eigenvalue weighted by atomic mass is 16.5. The van der Waals surface area contributed by atoms with Crippen molar-refractivity contribution in [2.45, 2.75) is 52.9 Å². The van der Waals surface area contributed by atoms with Crippen LogP contribution in [0.2, 0.25) is 0 Å². The van der Waals surface area contributed by atoms with Crippen LogP contribution in [0, 0.1) is 17.3 Å². The molecule has 0 aliphatic heterocycles. The van der Waals surface area contributed by atoms with E-state index in [9.17, 15) is 0 Å². The van der Waals surface area contributed by atoms with Gasteiger partial charge in [-0.05, 0) is 73.6 Å². The Hall–Kier alpha value is -1.02. The van der Waals surface area contributed by atoms with Gasteiger partial charge in [0.15, 0.2) is 0 Å². The predicted octanol–water partition coefficient (Wildman–Crippen LogP) is 4.59. The van der Waals surface area contributed by atoms with Gasteiger partial charge in [-0.25, -0.2) is 0 Å². The highest BCUT2D eigenvalue weighted by Crippen LogP contribution is 2.46. The van der Waals surface area contributed by atoms with Crippen LogP contribution < -0.4 is 10.5 Å². The third-order valence-corrected chi connectivity index (χ3v) is 5.12. The summed E-state index contributed by atoms with van der Waals surface area (Å²) in [5.41, 5.74) is 7.84. The van der Waals surface area contributed by atoms with Crippen molar-refractivity contribution in [2.75, 3.05) is 13.2 Å². The standard InChI is InChI=1S/C19H31NO/c1-5-21-17-8-6-7-14(11-17)18-12-16(19(2,3)4)10-9-15(18)13-20/h6-8,11,15-16,18H,5,9-10,12-13,20H2,1-4H3. The van der Waals surface area contributed by atoms with Crippen LogP contribution in [0.3, 0.4) is 0 Å². The molecule has 1 aromatic rings. The lowest BCUT2D eigenvalue weighted by Gasteiger charge is -2.42. The van der Waals surface area contributed by atoms with Gasteiger partial charge in [0.05, 0.1) is 6.61 Å². The first-order chi connectivity index (χ1) is 9.95. The molecule has 0 spiro atoms. The molecular formula is C19H31NO. The van der Waals surface area contributed by atoms with Crippen LogP contribution in [0.15, 0.2) is 24.3 Å². The van der Waals surface area contributed by atoms with E-state index in [4.69, 9.17) is 10.5 Å². The SMILES string of the molecule is CCOc1cccc(C2CC(C(C)(C)C)CCC2CN)c1. The fourth-order valence-electron chi connectivity index (χ4n) is 3.71. The van der Waals surface area contributed by atoms with Gasteiger partial charge < -0.3 is 10.5 Å². The maximum Gasteiger partial charge on any atom is 0.119 e. The zero-order valence-electron chi connectivity index (χ0n) is 14.1. The highest BCUT2D eigenvalue weighted by Gasteiger charge is 2.36. The predicted molar refractivity (Wildman–Crippen MR) is 89.7 cm³/mol. The van der Waals surface area contributed by atoms with Gasteiger partial charge >= 0.3 is 0 Å². The van der Waals surface area contributed by atoms with E-state index in [0.29, 0.717) is 17.3 Å². The average molecular weight is 289 g/mol. The van der Waals surface area contributed by atoms with E-state index in [2.05, 4.69) is 45.0 Å². The van der Waals surface area contributed by atoms with Crippen molar-refractivity contribution in [3.05, 3.63) is 29.8 Å². The molecule has 0 radical (unpaired) electrons. The molecule has 2 nitrogen and oxygen atoms in total. The Morgan fingerprint density at radius 3 is 2.62 bits per heavy atom. The largest absolute Gasteiger partial charge is 0.494 e. The Morgan fingerprint density at radius 2 is 2.00 bits per heavy atom. The van der Waals surface area contributed by atoms with Crippen molar-refractivity contribution in [1.82, 2.24) is 0 Å². The van der Waals surface area contributed by atoms with Gasteiger partial charge in [-0.15, -0.1) is 0 Å². The molecule has 118 valence electrons. The summed E-state index contributed by atoms with van der Waals surface area (Å²) in [7, 11) is 0. The molecule has 0 aromatic heterocycles. The minimum absolute atomic E-state index is 0.384. The smallest absolute Gasteiger partial charge is 0.119 e. The van der Waals surface area contributed by atoms with E-state index in [1.54, 1.807) is 0 Å². The van der Waals surface area contributed by atoms with Crippen LogP contribution in [-0.2, 0) is 0 Å². The maximum absolute atomic E-state index is 6.05. The van der Waals surface area contributed by atoms with Gasteiger partial charge in [0.1, 0.15) is 5.75 Å². The quantitative estimate of drug-likeness (QED) is 0.880. The minimum atomic E-state index is 0.384. The number of rotatable bonds is 4. The number of nitrogens with two attached hydrogens (primary N) is 1. The van der Waals surface area contributed by atoms with Crippen molar-refractivity contribution >= 4 is 0 Å². The Balaban J connectivity index is 2.22. The second-order valence-corrected chi connectivity index (χ2v) is 7.48. The third-order valence-electron chi connectivity index (χ3n) is 5.12. The summed E-state index contributed by atoms with van der Waals surface area (Å²) in [5.74, 6) is 2.96. The van der Waals surface area contributed by atoms with Crippen molar-refractivity contribution in [1.29, 1.82) is 0 Å². The van der Waals surface area contributed by atoms with Crippen molar-refractivity contribution in [3.63, 3.8) is 0 Å². The Labute approximate surface area is 130 Å². The van der Waals surface area contributed by atoms with E-state index < -0.39 is 0 Å². The van der Waals surface area contributed by atoms with Crippen LogP contribution >= 0.6 is 0 Å². The molecule has 0 amide bonds. The van der Waals surface area contributed by atoms with Gasteiger partial charge in [-0.2, -0.15) is 0 Å². The van der Waals surface area contributed by atoms with Crippen molar-refractivity contribution < 1.29 is 4.74 Å². The number of hydrogen-bond donors (Lipinski definition) is 1. The van der Waals surface area contributed by atoms with Crippen LogP contribution in [0.5, 0.6) is 5.75 Å². The number of benzene rings is 1. The molecule has 0 heterocycles. The van der Waals surface area contributed by atoms with Gasteiger partial charge in [0.2, 0.25) is 0 Å². The second-order valence-electron chi connectivity index (χ2n) is 7.48. The topological polar surface area (TPSA) is 35.2 Å². The maximum atomic E-state index is 6.05. The fourth-order valence-corrected chi connectivity index (χ4v) is 3.71. The lowest BCUT2D eigenvalue weighted by atomic mass is 9.64. The summed E-state index contributed by atoms with van der Waals surface area (Å²) in [6.45, 7) is 10.7. The molecule has 1 aromatic carbocycles. The van der Waals surface area contributed by atoms with E-state index in [1.165, 1.54) is 24.8 Å². The summed E-state index contributed by atoms with van der Waals surface area (Å²) >= 11 is 0. The Morgan fingerprint density at radius 1 is 1.24 bits per heavy atom. The molecule has 2 rings (SSSR count). The van der Waals surface area contributed by atoms with E-state index >= 15 is 0 Å². The van der Waals surface area contributed by atoms with Crippen LogP contribution in [0.25, 0.3) is 0 Å². The Bertz CT molecular complexity index is 449. The Kier molecular flexibility index (Phi) is 5.32. The van der Waals surface area contributed by atoms with Crippen molar-refractivity contribution in [2.24, 2.45) is 23.0 Å². The first-order valence-corrected chi connectivity index (χ1v) is 8.38. The van der Waals surface area contributed by atoms with Gasteiger partial charge in [-0.3, -0.25) is 0 Å². The summed E-state index contributed by atoms with van der Waals surface area (Å²) in [4.78, 5) is 0. The second kappa shape index (κ2) is 6.83. The molecule has 0 bridgehead atoms. The van der Waals surface area contributed by atoms with Crippen LogP contribution in [0.4, 0.5) is 0 Å². The molecule has 3 unspecified atom stereocenters. The third kappa shape index (κ3) is 4.00. The summed E-state index contributed by atoms with van der Waals surface area (Å²) in [6.07, 6.45) is 3.82. The fraction of sp³-hybridized carbons (Fsp3) is 0.684. The molecule has 1 aliphatic carbocycles. The molecule has 1 saturated carbocycles. The molecule has 21 heavy (non-hydrogen) atoms. The normalized spacial score (nSPS) is 26.6. The molecule has 1 fully saturated rings. The zero-order chi connectivity index (χ0) is 15.5. The van der Waals surface area contributed by atoms with Crippen LogP contribution in [0.1, 0.15) is 58.4 Å². The summed E-state index contributed by atoms with van der Waals surface area (Å²) < 4.78 is 5.67. The van der Waals surface area contributed by atoms with Gasteiger partial charge in [0, 0.05) is 0 Å². The average Bonchev–Trinajstić information content (AvgIpc) is 2.46. The molecule has 0 saturated heterocycles. The first kappa shape index (κ1) is 16.4. The van der Waals surface area contributed by atoms with Gasteiger partial charge in [-0.1, -0.05) is 32.9 Å². The molecular weight excluding hydrogens is 258 g/mol. The van der Waals surface area contributed by atoms with E-state index in [0.717, 1.165) is 24.8 Å². The van der Waals surface area contributed by atoms with Gasteiger partial charge in [0.25, 0.3) is 0 Å². The lowest BCUT2D eigenvalue weighted by Crippen LogP contribution is -2.34. The molecule has 3 atom stereocenters. The van der Waals surface area contributed by atoms with Crippen molar-refractivity contribution in [3.8, 4) is 5.75 Å². The van der Waals surface area contributed by atoms with E-state index in [1.807, 2.05) is 6.92 Å². The molecule has 1 aliphatic rings. The van der Waals surface area contributed by atoms with Crippen LogP contribution in [-0.4, -0.2) is 13.2 Å². The summed E-state index contributed by atoms with van der Waals surface area (Å²) in [6, 6.07) is 8.64. The van der Waals surface area contributed by atoms with E-state index in [-0.39, 0.29) is 0 Å². The first-order valence-electron chi connectivity index (χ1n) is 8.38. The number of hydrogen-bond acceptors (Lipinski definition) is 2. The molecule has 2 N–H and O–H groups in total. The highest BCUT2D eigenvalue weighted by molar-refractivity contribution is 5.31. The summed E-state index contributed by atoms with van der Waals surface area (Å²) in [5, 5.41) is 0. The number of ether oxygens (including phenoxy) is 1. The lowest BCUT2D eigenvalue weighted by molar-refractivity contribution is 0.133. The zero-order valence-corrected chi connectivity index (χ0v) is 14.1.